The van der Waals surface area contributed by atoms with Crippen molar-refractivity contribution in [2.45, 2.75) is 12.8 Å². The number of urea groups is 1. The van der Waals surface area contributed by atoms with Crippen molar-refractivity contribution in [3.63, 3.8) is 0 Å². The van der Waals surface area contributed by atoms with Gasteiger partial charge < -0.3 is 10.6 Å². The van der Waals surface area contributed by atoms with Gasteiger partial charge in [-0.25, -0.2) is 4.79 Å². The molecule has 0 saturated carbocycles. The summed E-state index contributed by atoms with van der Waals surface area (Å²) in [6.45, 7) is 2.14. The molecule has 0 saturated heterocycles. The topological polar surface area (TPSA) is 41.1 Å². The van der Waals surface area contributed by atoms with Crippen LogP contribution in [0.2, 0.25) is 0 Å². The second kappa shape index (κ2) is 7.99. The molecule has 0 bridgehead atoms. The molecule has 1 unspecified atom stereocenters. The van der Waals surface area contributed by atoms with Gasteiger partial charge in [0.2, 0.25) is 0 Å². The molecule has 3 aromatic carbocycles. The van der Waals surface area contributed by atoms with E-state index in [4.69, 9.17) is 0 Å². The minimum absolute atomic E-state index is 0.182. The van der Waals surface area contributed by atoms with Crippen LogP contribution in [0.5, 0.6) is 0 Å². The summed E-state index contributed by atoms with van der Waals surface area (Å²) in [6.07, 6.45) is 0. The van der Waals surface area contributed by atoms with Crippen molar-refractivity contribution in [2.75, 3.05) is 10.6 Å². The van der Waals surface area contributed by atoms with Crippen LogP contribution in [0.25, 0.3) is 0 Å². The molecule has 4 heteroatoms. The Labute approximate surface area is 156 Å². The molecule has 0 fully saturated rings. The molecule has 3 nitrogen and oxygen atoms in total. The van der Waals surface area contributed by atoms with Crippen molar-refractivity contribution in [3.05, 3.63) is 94.5 Å². The molecule has 0 heterocycles. The number of rotatable bonds is 4. The van der Waals surface area contributed by atoms with Crippen LogP contribution in [-0.2, 0) is 0 Å². The monoisotopic (exact) mass is 394 g/mol. The number of amides is 2. The second-order valence-electron chi connectivity index (χ2n) is 5.78. The fraction of sp³-hybridized carbons (Fsp3) is 0.0952. The zero-order valence-electron chi connectivity index (χ0n) is 13.9. The Morgan fingerprint density at radius 1 is 0.800 bits per heavy atom. The van der Waals surface area contributed by atoms with E-state index in [-0.39, 0.29) is 11.9 Å². The Hall–Kier alpha value is -2.59. The molecule has 0 radical (unpaired) electrons. The minimum atomic E-state index is -0.264. The normalized spacial score (nSPS) is 11.6. The van der Waals surface area contributed by atoms with Crippen LogP contribution < -0.4 is 10.6 Å². The molecule has 25 heavy (non-hydrogen) atoms. The Balaban J connectivity index is 1.79. The third kappa shape index (κ3) is 4.28. The number of anilines is 2. The van der Waals surface area contributed by atoms with Crippen LogP contribution in [0, 0.1) is 0 Å². The number of carbonyl (C=O) groups excluding carboxylic acids is 1. The smallest absolute Gasteiger partial charge is 0.307 e. The van der Waals surface area contributed by atoms with E-state index in [0.29, 0.717) is 0 Å². The lowest BCUT2D eigenvalue weighted by atomic mass is 9.92. The number of hydrogen-bond donors (Lipinski definition) is 2. The van der Waals surface area contributed by atoms with Gasteiger partial charge in [-0.2, -0.15) is 0 Å². The van der Waals surface area contributed by atoms with Crippen molar-refractivity contribution in [2.24, 2.45) is 0 Å². The van der Waals surface area contributed by atoms with Gasteiger partial charge in [-0.1, -0.05) is 67.6 Å². The zero-order valence-corrected chi connectivity index (χ0v) is 15.5. The molecule has 0 aromatic heterocycles. The van der Waals surface area contributed by atoms with Gasteiger partial charge in [0.25, 0.3) is 0 Å². The van der Waals surface area contributed by atoms with E-state index >= 15 is 0 Å². The molecule has 1 atom stereocenters. The van der Waals surface area contributed by atoms with E-state index in [1.165, 1.54) is 5.56 Å². The molecular formula is C21H19BrN2O. The maximum Gasteiger partial charge on any atom is 0.323 e. The summed E-state index contributed by atoms with van der Waals surface area (Å²) in [6, 6.07) is 25.4. The molecule has 3 rings (SSSR count). The standard InChI is InChI=1S/C21H19BrN2O/c1-15(16-9-3-2-4-10-16)17-11-5-7-13-19(17)23-21(25)24-20-14-8-6-12-18(20)22/h2-15H,1H3,(H2,23,24,25). The van der Waals surface area contributed by atoms with E-state index in [1.807, 2.05) is 66.7 Å². The van der Waals surface area contributed by atoms with Gasteiger partial charge in [-0.15, -0.1) is 0 Å². The Bertz CT molecular complexity index is 865. The van der Waals surface area contributed by atoms with Gasteiger partial charge in [-0.3, -0.25) is 0 Å². The summed E-state index contributed by atoms with van der Waals surface area (Å²) >= 11 is 3.44. The van der Waals surface area contributed by atoms with Gasteiger partial charge >= 0.3 is 6.03 Å². The highest BCUT2D eigenvalue weighted by molar-refractivity contribution is 9.10. The number of halogens is 1. The zero-order chi connectivity index (χ0) is 17.6. The minimum Gasteiger partial charge on any atom is -0.307 e. The maximum absolute atomic E-state index is 12.4. The van der Waals surface area contributed by atoms with Crippen LogP contribution in [0.4, 0.5) is 16.2 Å². The second-order valence-corrected chi connectivity index (χ2v) is 6.63. The van der Waals surface area contributed by atoms with E-state index < -0.39 is 0 Å². The first kappa shape index (κ1) is 17.2. The molecule has 0 aliphatic rings. The third-order valence-electron chi connectivity index (χ3n) is 4.10. The fourth-order valence-corrected chi connectivity index (χ4v) is 3.13. The predicted molar refractivity (Wildman–Crippen MR) is 107 cm³/mol. The van der Waals surface area contributed by atoms with Gasteiger partial charge in [-0.05, 0) is 45.3 Å². The SMILES string of the molecule is CC(c1ccccc1)c1ccccc1NC(=O)Nc1ccccc1Br. The quantitative estimate of drug-likeness (QED) is 0.539. The summed E-state index contributed by atoms with van der Waals surface area (Å²) in [5.41, 5.74) is 3.83. The highest BCUT2D eigenvalue weighted by Crippen LogP contribution is 2.30. The van der Waals surface area contributed by atoms with Crippen LogP contribution in [-0.4, -0.2) is 6.03 Å². The highest BCUT2D eigenvalue weighted by atomic mass is 79.9. The predicted octanol–water partition coefficient (Wildman–Crippen LogP) is 6.24. The number of benzene rings is 3. The largest absolute Gasteiger partial charge is 0.323 e. The molecule has 2 amide bonds. The van der Waals surface area contributed by atoms with E-state index in [2.05, 4.69) is 45.6 Å². The van der Waals surface area contributed by atoms with Crippen LogP contribution >= 0.6 is 15.9 Å². The lowest BCUT2D eigenvalue weighted by Gasteiger charge is -2.18. The van der Waals surface area contributed by atoms with Crippen molar-refractivity contribution in [1.29, 1.82) is 0 Å². The highest BCUT2D eigenvalue weighted by Gasteiger charge is 2.14. The van der Waals surface area contributed by atoms with E-state index in [9.17, 15) is 4.79 Å². The van der Waals surface area contributed by atoms with E-state index in [1.54, 1.807) is 0 Å². The summed E-state index contributed by atoms with van der Waals surface area (Å²) < 4.78 is 0.844. The van der Waals surface area contributed by atoms with Gasteiger partial charge in [0, 0.05) is 16.1 Å². The maximum atomic E-state index is 12.4. The van der Waals surface area contributed by atoms with Gasteiger partial charge in [0.1, 0.15) is 0 Å². The number of hydrogen-bond acceptors (Lipinski definition) is 1. The third-order valence-corrected chi connectivity index (χ3v) is 4.79. The van der Waals surface area contributed by atoms with Gasteiger partial charge in [0.15, 0.2) is 0 Å². The molecule has 126 valence electrons. The Kier molecular flexibility index (Phi) is 5.51. The molecule has 2 N–H and O–H groups in total. The summed E-state index contributed by atoms with van der Waals surface area (Å²) in [5.74, 6) is 0.182. The van der Waals surface area contributed by atoms with Crippen LogP contribution in [0.3, 0.4) is 0 Å². The van der Waals surface area contributed by atoms with Gasteiger partial charge in [0.05, 0.1) is 5.69 Å². The molecule has 0 spiro atoms. The average molecular weight is 395 g/mol. The summed E-state index contributed by atoms with van der Waals surface area (Å²) in [4.78, 5) is 12.4. The Morgan fingerprint density at radius 3 is 2.08 bits per heavy atom. The number of nitrogens with one attached hydrogen (secondary N) is 2. The lowest BCUT2D eigenvalue weighted by molar-refractivity contribution is 0.262. The molecule has 3 aromatic rings. The summed E-state index contributed by atoms with van der Waals surface area (Å²) in [7, 11) is 0. The summed E-state index contributed by atoms with van der Waals surface area (Å²) in [5, 5.41) is 5.83. The first-order chi connectivity index (χ1) is 12.1. The van der Waals surface area contributed by atoms with Crippen molar-refractivity contribution >= 4 is 33.3 Å². The Morgan fingerprint density at radius 2 is 1.36 bits per heavy atom. The molecule has 0 aliphatic heterocycles. The van der Waals surface area contributed by atoms with E-state index in [0.717, 1.165) is 21.4 Å². The lowest BCUT2D eigenvalue weighted by Crippen LogP contribution is -2.20. The average Bonchev–Trinajstić information content (AvgIpc) is 2.64. The van der Waals surface area contributed by atoms with Crippen molar-refractivity contribution in [1.82, 2.24) is 0 Å². The van der Waals surface area contributed by atoms with Crippen LogP contribution in [0.1, 0.15) is 24.0 Å². The van der Waals surface area contributed by atoms with Crippen molar-refractivity contribution < 1.29 is 4.79 Å². The molecular weight excluding hydrogens is 376 g/mol. The van der Waals surface area contributed by atoms with Crippen molar-refractivity contribution in [3.8, 4) is 0 Å². The number of para-hydroxylation sites is 2. The number of carbonyl (C=O) groups is 1. The fourth-order valence-electron chi connectivity index (χ4n) is 2.75. The first-order valence-electron chi connectivity index (χ1n) is 8.11. The first-order valence-corrected chi connectivity index (χ1v) is 8.91. The van der Waals surface area contributed by atoms with Crippen LogP contribution in [0.15, 0.2) is 83.3 Å². The molecule has 0 aliphatic carbocycles.